The number of aromatic nitrogens is 2. The van der Waals surface area contributed by atoms with Gasteiger partial charge < -0.3 is 14.3 Å². The van der Waals surface area contributed by atoms with Gasteiger partial charge in [-0.25, -0.2) is 4.79 Å². The van der Waals surface area contributed by atoms with Crippen LogP contribution in [0.3, 0.4) is 0 Å². The highest BCUT2D eigenvalue weighted by Crippen LogP contribution is 2.28. The van der Waals surface area contributed by atoms with Gasteiger partial charge in [0.15, 0.2) is 5.82 Å². The zero-order valence-corrected chi connectivity index (χ0v) is 15.0. The number of urea groups is 1. The molecule has 0 N–H and O–H groups in total. The molecule has 1 aromatic heterocycles. The van der Waals surface area contributed by atoms with E-state index < -0.39 is 0 Å². The molecule has 3 aliphatic rings. The van der Waals surface area contributed by atoms with Crippen LogP contribution in [-0.4, -0.2) is 52.2 Å². The van der Waals surface area contributed by atoms with Gasteiger partial charge in [0, 0.05) is 38.5 Å². The lowest BCUT2D eigenvalue weighted by atomic mass is 9.96. The fourth-order valence-corrected chi connectivity index (χ4v) is 4.20. The highest BCUT2D eigenvalue weighted by atomic mass is 16.5. The zero-order chi connectivity index (χ0) is 17.1. The van der Waals surface area contributed by atoms with Crippen LogP contribution < -0.4 is 0 Å². The second kappa shape index (κ2) is 7.58. The van der Waals surface area contributed by atoms with Crippen LogP contribution in [0.2, 0.25) is 0 Å². The quantitative estimate of drug-likeness (QED) is 0.787. The Morgan fingerprint density at radius 1 is 1.08 bits per heavy atom. The third-order valence-electron chi connectivity index (χ3n) is 5.75. The predicted octanol–water partition coefficient (Wildman–Crippen LogP) is 3.51. The summed E-state index contributed by atoms with van der Waals surface area (Å²) < 4.78 is 5.54. The summed E-state index contributed by atoms with van der Waals surface area (Å²) in [5, 5.41) is 4.19. The molecule has 6 heteroatoms. The fourth-order valence-electron chi connectivity index (χ4n) is 4.20. The number of likely N-dealkylation sites (tertiary alicyclic amines) is 2. The van der Waals surface area contributed by atoms with Crippen LogP contribution in [0.4, 0.5) is 4.79 Å². The van der Waals surface area contributed by atoms with E-state index in [1.807, 2.05) is 9.80 Å². The number of amides is 2. The SMILES string of the molecule is O=C(N1CCCC1)N1CCC(c2nc(CC3=CCCCC3)no2)CC1. The fraction of sp³-hybridized carbons (Fsp3) is 0.737. The Morgan fingerprint density at radius 3 is 2.56 bits per heavy atom. The monoisotopic (exact) mass is 344 g/mol. The molecule has 0 spiro atoms. The summed E-state index contributed by atoms with van der Waals surface area (Å²) in [4.78, 5) is 21.1. The van der Waals surface area contributed by atoms with Gasteiger partial charge in [0.1, 0.15) is 0 Å². The van der Waals surface area contributed by atoms with Crippen molar-refractivity contribution >= 4 is 6.03 Å². The number of hydrogen-bond acceptors (Lipinski definition) is 4. The Morgan fingerprint density at radius 2 is 1.84 bits per heavy atom. The van der Waals surface area contributed by atoms with Gasteiger partial charge in [-0.3, -0.25) is 0 Å². The minimum Gasteiger partial charge on any atom is -0.339 e. The van der Waals surface area contributed by atoms with Gasteiger partial charge in [-0.15, -0.1) is 0 Å². The van der Waals surface area contributed by atoms with Gasteiger partial charge in [0.05, 0.1) is 0 Å². The van der Waals surface area contributed by atoms with Crippen molar-refractivity contribution in [2.24, 2.45) is 0 Å². The van der Waals surface area contributed by atoms with E-state index in [0.717, 1.165) is 70.0 Å². The van der Waals surface area contributed by atoms with Crippen molar-refractivity contribution in [3.63, 3.8) is 0 Å². The first-order valence-electron chi connectivity index (χ1n) is 9.84. The molecule has 2 amide bonds. The lowest BCUT2D eigenvalue weighted by molar-refractivity contribution is 0.144. The summed E-state index contributed by atoms with van der Waals surface area (Å²) in [6.07, 6.45) is 12.2. The van der Waals surface area contributed by atoms with Gasteiger partial charge in [-0.1, -0.05) is 16.8 Å². The minimum absolute atomic E-state index is 0.214. The third kappa shape index (κ3) is 3.88. The average molecular weight is 344 g/mol. The van der Waals surface area contributed by atoms with E-state index in [1.54, 1.807) is 0 Å². The third-order valence-corrected chi connectivity index (χ3v) is 5.75. The van der Waals surface area contributed by atoms with Crippen LogP contribution >= 0.6 is 0 Å². The van der Waals surface area contributed by atoms with Crippen LogP contribution in [0.25, 0.3) is 0 Å². The second-order valence-electron chi connectivity index (χ2n) is 7.57. The highest BCUT2D eigenvalue weighted by molar-refractivity contribution is 5.74. The van der Waals surface area contributed by atoms with E-state index in [0.29, 0.717) is 5.92 Å². The molecular formula is C19H28N4O2. The van der Waals surface area contributed by atoms with E-state index in [2.05, 4.69) is 16.2 Å². The van der Waals surface area contributed by atoms with Crippen molar-refractivity contribution in [3.05, 3.63) is 23.4 Å². The summed E-state index contributed by atoms with van der Waals surface area (Å²) in [5.74, 6) is 1.88. The van der Waals surface area contributed by atoms with Crippen LogP contribution in [-0.2, 0) is 6.42 Å². The van der Waals surface area contributed by atoms with Gasteiger partial charge in [-0.05, 0) is 51.4 Å². The Hall–Kier alpha value is -1.85. The van der Waals surface area contributed by atoms with Crippen LogP contribution in [0.1, 0.15) is 69.0 Å². The normalized spacial score (nSPS) is 22.3. The molecule has 136 valence electrons. The standard InChI is InChI=1S/C19H28N4O2/c24-19(22-10-4-5-11-22)23-12-8-16(9-13-23)18-20-17(21-25-18)14-15-6-2-1-3-7-15/h6,16H,1-5,7-14H2. The molecule has 3 heterocycles. The molecule has 0 unspecified atom stereocenters. The van der Waals surface area contributed by atoms with Crippen molar-refractivity contribution in [2.75, 3.05) is 26.2 Å². The molecule has 0 radical (unpaired) electrons. The maximum atomic E-state index is 12.5. The van der Waals surface area contributed by atoms with E-state index in [9.17, 15) is 4.79 Å². The first kappa shape index (κ1) is 16.6. The lowest BCUT2D eigenvalue weighted by Gasteiger charge is -2.33. The molecule has 1 aromatic rings. The Balaban J connectivity index is 1.30. The molecule has 1 aliphatic carbocycles. The van der Waals surface area contributed by atoms with Crippen LogP contribution in [0, 0.1) is 0 Å². The first-order valence-corrected chi connectivity index (χ1v) is 9.84. The van der Waals surface area contributed by atoms with Gasteiger partial charge in [-0.2, -0.15) is 4.98 Å². The highest BCUT2D eigenvalue weighted by Gasteiger charge is 2.30. The Labute approximate surface area is 149 Å². The van der Waals surface area contributed by atoms with E-state index in [1.165, 1.54) is 31.3 Å². The largest absolute Gasteiger partial charge is 0.339 e. The molecule has 25 heavy (non-hydrogen) atoms. The minimum atomic E-state index is 0.214. The lowest BCUT2D eigenvalue weighted by Crippen LogP contribution is -2.45. The van der Waals surface area contributed by atoms with Gasteiger partial charge >= 0.3 is 6.03 Å². The van der Waals surface area contributed by atoms with Crippen molar-refractivity contribution in [3.8, 4) is 0 Å². The van der Waals surface area contributed by atoms with Crippen LogP contribution in [0.15, 0.2) is 16.2 Å². The zero-order valence-electron chi connectivity index (χ0n) is 15.0. The summed E-state index contributed by atoms with van der Waals surface area (Å²) in [6, 6.07) is 0.214. The topological polar surface area (TPSA) is 62.5 Å². The molecule has 2 aliphatic heterocycles. The molecule has 4 rings (SSSR count). The second-order valence-corrected chi connectivity index (χ2v) is 7.57. The Bertz CT molecular complexity index is 625. The molecule has 0 atom stereocenters. The maximum Gasteiger partial charge on any atom is 0.319 e. The number of carbonyl (C=O) groups excluding carboxylic acids is 1. The van der Waals surface area contributed by atoms with Crippen molar-refractivity contribution in [1.82, 2.24) is 19.9 Å². The van der Waals surface area contributed by atoms with E-state index in [4.69, 9.17) is 4.52 Å². The molecular weight excluding hydrogens is 316 g/mol. The number of rotatable bonds is 3. The summed E-state index contributed by atoms with van der Waals surface area (Å²) in [6.45, 7) is 3.43. The molecule has 6 nitrogen and oxygen atoms in total. The maximum absolute atomic E-state index is 12.5. The summed E-state index contributed by atoms with van der Waals surface area (Å²) >= 11 is 0. The van der Waals surface area contributed by atoms with Crippen molar-refractivity contribution < 1.29 is 9.32 Å². The summed E-state index contributed by atoms with van der Waals surface area (Å²) in [5.41, 5.74) is 1.45. The van der Waals surface area contributed by atoms with Crippen molar-refractivity contribution in [2.45, 2.75) is 63.7 Å². The molecule has 2 fully saturated rings. The first-order chi connectivity index (χ1) is 12.3. The number of hydrogen-bond donors (Lipinski definition) is 0. The smallest absolute Gasteiger partial charge is 0.319 e. The molecule has 0 bridgehead atoms. The molecule has 0 aromatic carbocycles. The number of nitrogens with zero attached hydrogens (tertiary/aromatic N) is 4. The molecule has 2 saturated heterocycles. The summed E-state index contributed by atoms with van der Waals surface area (Å²) in [7, 11) is 0. The van der Waals surface area contributed by atoms with Gasteiger partial charge in [0.25, 0.3) is 0 Å². The number of allylic oxidation sites excluding steroid dienone is 2. The van der Waals surface area contributed by atoms with Crippen LogP contribution in [0.5, 0.6) is 0 Å². The Kier molecular flexibility index (Phi) is 5.04. The van der Waals surface area contributed by atoms with Gasteiger partial charge in [0.2, 0.25) is 5.89 Å². The van der Waals surface area contributed by atoms with Crippen molar-refractivity contribution in [1.29, 1.82) is 0 Å². The number of piperidine rings is 1. The van der Waals surface area contributed by atoms with E-state index >= 15 is 0 Å². The average Bonchev–Trinajstić information content (AvgIpc) is 3.34. The number of carbonyl (C=O) groups is 1. The predicted molar refractivity (Wildman–Crippen MR) is 94.3 cm³/mol. The van der Waals surface area contributed by atoms with E-state index in [-0.39, 0.29) is 6.03 Å². The molecule has 0 saturated carbocycles.